The van der Waals surface area contributed by atoms with E-state index in [9.17, 15) is 4.79 Å². The molecule has 1 amide bonds. The van der Waals surface area contributed by atoms with Crippen LogP contribution in [0.3, 0.4) is 0 Å². The van der Waals surface area contributed by atoms with E-state index in [0.717, 1.165) is 24.9 Å². The van der Waals surface area contributed by atoms with Crippen molar-refractivity contribution in [1.29, 1.82) is 0 Å². The summed E-state index contributed by atoms with van der Waals surface area (Å²) in [6, 6.07) is 6.41. The van der Waals surface area contributed by atoms with E-state index in [0.29, 0.717) is 12.5 Å². The highest BCUT2D eigenvalue weighted by atomic mass is 32.1. The lowest BCUT2D eigenvalue weighted by atomic mass is 10.2. The lowest BCUT2D eigenvalue weighted by Crippen LogP contribution is -2.33. The van der Waals surface area contributed by atoms with Crippen LogP contribution in [0.25, 0.3) is 0 Å². The van der Waals surface area contributed by atoms with Gasteiger partial charge in [-0.15, -0.1) is 11.3 Å². The molecule has 2 aromatic heterocycles. The molecule has 0 N–H and O–H groups in total. The Labute approximate surface area is 123 Å². The first-order valence-corrected chi connectivity index (χ1v) is 7.83. The number of rotatable bonds is 5. The van der Waals surface area contributed by atoms with Crippen molar-refractivity contribution in [1.82, 2.24) is 9.88 Å². The highest BCUT2D eigenvalue weighted by Crippen LogP contribution is 2.30. The molecule has 0 saturated heterocycles. The number of amides is 1. The minimum Gasteiger partial charge on any atom is -0.334 e. The van der Waals surface area contributed by atoms with Crippen molar-refractivity contribution in [2.45, 2.75) is 38.8 Å². The summed E-state index contributed by atoms with van der Waals surface area (Å²) in [4.78, 5) is 20.0. The number of carbonyl (C=O) groups is 1. The number of pyridine rings is 1. The largest absolute Gasteiger partial charge is 0.334 e. The van der Waals surface area contributed by atoms with Gasteiger partial charge >= 0.3 is 0 Å². The van der Waals surface area contributed by atoms with Crippen molar-refractivity contribution in [2.24, 2.45) is 0 Å². The van der Waals surface area contributed by atoms with Crippen molar-refractivity contribution >= 4 is 17.2 Å². The molecule has 0 aliphatic heterocycles. The van der Waals surface area contributed by atoms with Crippen LogP contribution in [-0.2, 0) is 17.8 Å². The molecule has 3 rings (SSSR count). The fraction of sp³-hybridized carbons (Fsp3) is 0.375. The molecule has 0 unspecified atom stereocenters. The number of thiophene rings is 1. The van der Waals surface area contributed by atoms with Gasteiger partial charge in [-0.05, 0) is 48.4 Å². The first-order valence-electron chi connectivity index (χ1n) is 6.95. The fourth-order valence-corrected chi connectivity index (χ4v) is 3.21. The fourth-order valence-electron chi connectivity index (χ4n) is 2.31. The van der Waals surface area contributed by atoms with Gasteiger partial charge in [0.2, 0.25) is 5.91 Å². The molecule has 3 nitrogen and oxygen atoms in total. The molecular weight excluding hydrogens is 268 g/mol. The van der Waals surface area contributed by atoms with Crippen molar-refractivity contribution < 1.29 is 4.79 Å². The molecule has 1 saturated carbocycles. The molecule has 0 spiro atoms. The molecule has 2 aromatic rings. The van der Waals surface area contributed by atoms with E-state index < -0.39 is 0 Å². The van der Waals surface area contributed by atoms with Crippen molar-refractivity contribution in [3.05, 3.63) is 52.0 Å². The lowest BCUT2D eigenvalue weighted by molar-refractivity contribution is -0.131. The number of carbonyl (C=O) groups excluding carboxylic acids is 1. The van der Waals surface area contributed by atoms with Gasteiger partial charge in [0.15, 0.2) is 0 Å². The Kier molecular flexibility index (Phi) is 3.83. The van der Waals surface area contributed by atoms with E-state index >= 15 is 0 Å². The van der Waals surface area contributed by atoms with E-state index in [1.54, 1.807) is 23.7 Å². The summed E-state index contributed by atoms with van der Waals surface area (Å²) in [6.45, 7) is 2.87. The Morgan fingerprint density at radius 3 is 2.90 bits per heavy atom. The minimum absolute atomic E-state index is 0.216. The molecule has 2 heterocycles. The van der Waals surface area contributed by atoms with Crippen LogP contribution in [-0.4, -0.2) is 21.8 Å². The van der Waals surface area contributed by atoms with Gasteiger partial charge < -0.3 is 4.90 Å². The van der Waals surface area contributed by atoms with Gasteiger partial charge in [-0.25, -0.2) is 0 Å². The first-order chi connectivity index (χ1) is 9.74. The quantitative estimate of drug-likeness (QED) is 0.845. The zero-order valence-corrected chi connectivity index (χ0v) is 12.4. The summed E-state index contributed by atoms with van der Waals surface area (Å²) in [5, 5.41) is 2.10. The summed E-state index contributed by atoms with van der Waals surface area (Å²) >= 11 is 1.74. The molecule has 1 fully saturated rings. The maximum atomic E-state index is 12.5. The van der Waals surface area contributed by atoms with Gasteiger partial charge in [-0.3, -0.25) is 9.78 Å². The number of aromatic nitrogens is 1. The van der Waals surface area contributed by atoms with Crippen LogP contribution in [0.4, 0.5) is 0 Å². The zero-order chi connectivity index (χ0) is 13.9. The minimum atomic E-state index is 0.216. The molecule has 1 aliphatic rings. The van der Waals surface area contributed by atoms with Crippen molar-refractivity contribution in [2.75, 3.05) is 0 Å². The van der Waals surface area contributed by atoms with E-state index in [-0.39, 0.29) is 5.91 Å². The standard InChI is InChI=1S/C16H18N2OS/c1-12-6-8-20-15(12)11-18(14-4-5-14)16(19)9-13-3-2-7-17-10-13/h2-3,6-8,10,14H,4-5,9,11H2,1H3. The Morgan fingerprint density at radius 1 is 1.45 bits per heavy atom. The van der Waals surface area contributed by atoms with Gasteiger partial charge in [0.1, 0.15) is 0 Å². The van der Waals surface area contributed by atoms with Crippen LogP contribution in [0.2, 0.25) is 0 Å². The predicted octanol–water partition coefficient (Wildman–Crippen LogP) is 3.19. The predicted molar refractivity (Wildman–Crippen MR) is 80.6 cm³/mol. The van der Waals surface area contributed by atoms with E-state index in [4.69, 9.17) is 0 Å². The van der Waals surface area contributed by atoms with E-state index in [2.05, 4.69) is 23.4 Å². The number of hydrogen-bond acceptors (Lipinski definition) is 3. The molecule has 104 valence electrons. The van der Waals surface area contributed by atoms with Gasteiger partial charge in [-0.2, -0.15) is 0 Å². The summed E-state index contributed by atoms with van der Waals surface area (Å²) in [6.07, 6.45) is 6.25. The third kappa shape index (κ3) is 3.07. The van der Waals surface area contributed by atoms with Gasteiger partial charge in [-0.1, -0.05) is 6.07 Å². The molecule has 0 aromatic carbocycles. The maximum absolute atomic E-state index is 12.5. The topological polar surface area (TPSA) is 33.2 Å². The summed E-state index contributed by atoms with van der Waals surface area (Å²) in [7, 11) is 0. The molecule has 0 bridgehead atoms. The van der Waals surface area contributed by atoms with Crippen molar-refractivity contribution in [3.8, 4) is 0 Å². The van der Waals surface area contributed by atoms with Gasteiger partial charge in [0.05, 0.1) is 13.0 Å². The Balaban J connectivity index is 1.71. The summed E-state index contributed by atoms with van der Waals surface area (Å²) < 4.78 is 0. The first kappa shape index (κ1) is 13.3. The van der Waals surface area contributed by atoms with Gasteiger partial charge in [0.25, 0.3) is 0 Å². The van der Waals surface area contributed by atoms with Crippen LogP contribution >= 0.6 is 11.3 Å². The van der Waals surface area contributed by atoms with Crippen LogP contribution < -0.4 is 0 Å². The third-order valence-electron chi connectivity index (χ3n) is 3.67. The SMILES string of the molecule is Cc1ccsc1CN(C(=O)Cc1cccnc1)C1CC1. The average Bonchev–Trinajstić information content (AvgIpc) is 3.21. The Hall–Kier alpha value is -1.68. The van der Waals surface area contributed by atoms with E-state index in [1.165, 1.54) is 10.4 Å². The van der Waals surface area contributed by atoms with Gasteiger partial charge in [0, 0.05) is 23.3 Å². The average molecular weight is 286 g/mol. The second kappa shape index (κ2) is 5.75. The Morgan fingerprint density at radius 2 is 2.30 bits per heavy atom. The monoisotopic (exact) mass is 286 g/mol. The smallest absolute Gasteiger partial charge is 0.227 e. The second-order valence-electron chi connectivity index (χ2n) is 5.32. The molecule has 4 heteroatoms. The number of hydrogen-bond donors (Lipinski definition) is 0. The second-order valence-corrected chi connectivity index (χ2v) is 6.32. The summed E-state index contributed by atoms with van der Waals surface area (Å²) in [5.74, 6) is 0.216. The third-order valence-corrected chi connectivity index (χ3v) is 4.68. The highest BCUT2D eigenvalue weighted by molar-refractivity contribution is 7.10. The molecule has 20 heavy (non-hydrogen) atoms. The molecule has 0 atom stereocenters. The number of aryl methyl sites for hydroxylation is 1. The van der Waals surface area contributed by atoms with E-state index in [1.807, 2.05) is 17.0 Å². The Bertz CT molecular complexity index is 590. The van der Waals surface area contributed by atoms with Crippen LogP contribution in [0.1, 0.15) is 28.8 Å². The van der Waals surface area contributed by atoms with Crippen LogP contribution in [0, 0.1) is 6.92 Å². The summed E-state index contributed by atoms with van der Waals surface area (Å²) in [5.41, 5.74) is 2.28. The molecular formula is C16H18N2OS. The highest BCUT2D eigenvalue weighted by Gasteiger charge is 2.32. The normalized spacial score (nSPS) is 14.2. The zero-order valence-electron chi connectivity index (χ0n) is 11.6. The molecule has 1 aliphatic carbocycles. The van der Waals surface area contributed by atoms with Crippen LogP contribution in [0.5, 0.6) is 0 Å². The number of nitrogens with zero attached hydrogens (tertiary/aromatic N) is 2. The van der Waals surface area contributed by atoms with Crippen molar-refractivity contribution in [3.63, 3.8) is 0 Å². The molecule has 0 radical (unpaired) electrons. The van der Waals surface area contributed by atoms with Crippen LogP contribution in [0.15, 0.2) is 36.0 Å². The lowest BCUT2D eigenvalue weighted by Gasteiger charge is -2.22. The maximum Gasteiger partial charge on any atom is 0.227 e.